The zero-order valence-electron chi connectivity index (χ0n) is 6.22. The van der Waals surface area contributed by atoms with E-state index in [4.69, 9.17) is 4.52 Å². The summed E-state index contributed by atoms with van der Waals surface area (Å²) in [5, 5.41) is 1.32. The van der Waals surface area contributed by atoms with E-state index in [-0.39, 0.29) is 0 Å². The maximum absolute atomic E-state index is 5.11. The van der Waals surface area contributed by atoms with Gasteiger partial charge in [-0.15, -0.1) is 0 Å². The Morgan fingerprint density at radius 2 is 2.40 bits per heavy atom. The number of hydrogen-bond donors (Lipinski definition) is 0. The topological polar surface area (TPSA) is 9.23 Å². The van der Waals surface area contributed by atoms with Crippen molar-refractivity contribution in [3.8, 4) is 0 Å². The van der Waals surface area contributed by atoms with Crippen LogP contribution < -0.4 is 0 Å². The molecule has 1 atom stereocenters. The third kappa shape index (κ3) is 1.71. The summed E-state index contributed by atoms with van der Waals surface area (Å²) in [7, 11) is 0.507. The highest BCUT2D eigenvalue weighted by Gasteiger charge is 1.99. The second kappa shape index (κ2) is 3.58. The van der Waals surface area contributed by atoms with Crippen LogP contribution in [-0.2, 0) is 4.52 Å². The van der Waals surface area contributed by atoms with Crippen LogP contribution in [0.2, 0.25) is 0 Å². The van der Waals surface area contributed by atoms with Gasteiger partial charge in [0.25, 0.3) is 0 Å². The van der Waals surface area contributed by atoms with Crippen LogP contribution in [0.15, 0.2) is 35.4 Å². The van der Waals surface area contributed by atoms with E-state index in [1.807, 2.05) is 19.1 Å². The summed E-state index contributed by atoms with van der Waals surface area (Å²) in [6.45, 7) is 4.12. The molecule has 1 aliphatic heterocycles. The fourth-order valence-electron chi connectivity index (χ4n) is 0.774. The molecular weight excluding hydrogens is 143 g/mol. The smallest absolute Gasteiger partial charge is 0.0999 e. The Kier molecular flexibility index (Phi) is 2.70. The average Bonchev–Trinajstić information content (AvgIpc) is 1.94. The van der Waals surface area contributed by atoms with E-state index >= 15 is 0 Å². The number of rotatable bonds is 1. The Morgan fingerprint density at radius 1 is 1.60 bits per heavy atom. The molecule has 0 aromatic carbocycles. The van der Waals surface area contributed by atoms with Gasteiger partial charge in [-0.25, -0.2) is 0 Å². The largest absolute Gasteiger partial charge is 0.480 e. The van der Waals surface area contributed by atoms with Crippen molar-refractivity contribution in [2.75, 3.05) is 0 Å². The lowest BCUT2D eigenvalue weighted by atomic mass is 10.2. The molecule has 0 fully saturated rings. The minimum absolute atomic E-state index is 0.507. The van der Waals surface area contributed by atoms with Gasteiger partial charge in [0.15, 0.2) is 0 Å². The second-order valence-corrected chi connectivity index (χ2v) is 3.29. The minimum atomic E-state index is 0.507. The molecule has 10 heavy (non-hydrogen) atoms. The quantitative estimate of drug-likeness (QED) is 0.527. The number of hydrogen-bond acceptors (Lipinski definition) is 1. The van der Waals surface area contributed by atoms with Crippen LogP contribution in [0.3, 0.4) is 0 Å². The SMILES string of the molecule is C/C=C\C1=C(C)POC=C1. The summed E-state index contributed by atoms with van der Waals surface area (Å²) in [6.07, 6.45) is 7.88. The summed E-state index contributed by atoms with van der Waals surface area (Å²) < 4.78 is 5.11. The van der Waals surface area contributed by atoms with Gasteiger partial charge in [-0.2, -0.15) is 0 Å². The van der Waals surface area contributed by atoms with E-state index < -0.39 is 0 Å². The maximum atomic E-state index is 5.11. The first-order chi connectivity index (χ1) is 4.84. The molecule has 0 N–H and O–H groups in total. The standard InChI is InChI=1S/C8H11OP/c1-3-4-8-5-6-9-10-7(8)2/h3-6,10H,1-2H3/b4-3-. The Morgan fingerprint density at radius 3 is 3.00 bits per heavy atom. The molecule has 0 amide bonds. The van der Waals surface area contributed by atoms with Crippen molar-refractivity contribution in [3.05, 3.63) is 35.4 Å². The van der Waals surface area contributed by atoms with Crippen molar-refractivity contribution in [2.45, 2.75) is 13.8 Å². The molecule has 0 spiro atoms. The van der Waals surface area contributed by atoms with Crippen LogP contribution >= 0.6 is 8.81 Å². The Hall–Kier alpha value is -0.550. The van der Waals surface area contributed by atoms with Crippen molar-refractivity contribution in [2.24, 2.45) is 0 Å². The summed E-state index contributed by atoms with van der Waals surface area (Å²) in [5.74, 6) is 0. The molecule has 1 heterocycles. The molecular formula is C8H11OP. The van der Waals surface area contributed by atoms with Gasteiger partial charge in [0.05, 0.1) is 15.1 Å². The van der Waals surface area contributed by atoms with E-state index in [1.54, 1.807) is 6.26 Å². The second-order valence-electron chi connectivity index (χ2n) is 2.10. The molecule has 0 aromatic heterocycles. The average molecular weight is 154 g/mol. The number of allylic oxidation sites excluding steroid dienone is 5. The van der Waals surface area contributed by atoms with E-state index in [0.29, 0.717) is 8.81 Å². The summed E-state index contributed by atoms with van der Waals surface area (Å²) in [6, 6.07) is 0. The van der Waals surface area contributed by atoms with E-state index in [2.05, 4.69) is 13.0 Å². The summed E-state index contributed by atoms with van der Waals surface area (Å²) in [4.78, 5) is 0. The zero-order chi connectivity index (χ0) is 7.40. The van der Waals surface area contributed by atoms with Crippen molar-refractivity contribution in [1.82, 2.24) is 0 Å². The highest BCUT2D eigenvalue weighted by atomic mass is 31.1. The molecule has 0 saturated heterocycles. The predicted octanol–water partition coefficient (Wildman–Crippen LogP) is 2.97. The van der Waals surface area contributed by atoms with Crippen LogP contribution in [0.5, 0.6) is 0 Å². The summed E-state index contributed by atoms with van der Waals surface area (Å²) in [5.41, 5.74) is 1.28. The molecule has 1 unspecified atom stereocenters. The molecule has 0 saturated carbocycles. The van der Waals surface area contributed by atoms with Gasteiger partial charge in [-0.3, -0.25) is 0 Å². The third-order valence-electron chi connectivity index (χ3n) is 1.31. The van der Waals surface area contributed by atoms with Crippen molar-refractivity contribution in [1.29, 1.82) is 0 Å². The molecule has 2 heteroatoms. The molecule has 0 bridgehead atoms. The fourth-order valence-corrected chi connectivity index (χ4v) is 1.37. The Labute approximate surface area is 63.3 Å². The molecule has 1 rings (SSSR count). The molecule has 0 aliphatic carbocycles. The van der Waals surface area contributed by atoms with Crippen molar-refractivity contribution in [3.63, 3.8) is 0 Å². The molecule has 54 valence electrons. The summed E-state index contributed by atoms with van der Waals surface area (Å²) >= 11 is 0. The first kappa shape index (κ1) is 7.56. The third-order valence-corrected chi connectivity index (χ3v) is 2.16. The molecule has 1 nitrogen and oxygen atoms in total. The van der Waals surface area contributed by atoms with Crippen molar-refractivity contribution >= 4 is 8.81 Å². The minimum Gasteiger partial charge on any atom is -0.480 e. The first-order valence-electron chi connectivity index (χ1n) is 3.26. The van der Waals surface area contributed by atoms with E-state index in [0.717, 1.165) is 0 Å². The van der Waals surface area contributed by atoms with Crippen LogP contribution in [0.4, 0.5) is 0 Å². The first-order valence-corrected chi connectivity index (χ1v) is 4.17. The molecule has 0 radical (unpaired) electrons. The van der Waals surface area contributed by atoms with E-state index in [1.165, 1.54) is 10.9 Å². The molecule has 0 aromatic rings. The van der Waals surface area contributed by atoms with Crippen LogP contribution in [-0.4, -0.2) is 0 Å². The van der Waals surface area contributed by atoms with Gasteiger partial charge in [0, 0.05) is 0 Å². The highest BCUT2D eigenvalue weighted by molar-refractivity contribution is 7.37. The van der Waals surface area contributed by atoms with Crippen LogP contribution in [0, 0.1) is 0 Å². The Balaban J connectivity index is 2.79. The van der Waals surface area contributed by atoms with E-state index in [9.17, 15) is 0 Å². The Bertz CT molecular complexity index is 197. The van der Waals surface area contributed by atoms with Gasteiger partial charge in [-0.05, 0) is 30.8 Å². The van der Waals surface area contributed by atoms with Gasteiger partial charge < -0.3 is 4.52 Å². The van der Waals surface area contributed by atoms with Crippen LogP contribution in [0.1, 0.15) is 13.8 Å². The zero-order valence-corrected chi connectivity index (χ0v) is 7.22. The van der Waals surface area contributed by atoms with Crippen LogP contribution in [0.25, 0.3) is 0 Å². The maximum Gasteiger partial charge on any atom is 0.0999 e. The normalized spacial score (nSPS) is 20.6. The van der Waals surface area contributed by atoms with Gasteiger partial charge in [0.1, 0.15) is 0 Å². The predicted molar refractivity (Wildman–Crippen MR) is 46.1 cm³/mol. The monoisotopic (exact) mass is 154 g/mol. The van der Waals surface area contributed by atoms with Gasteiger partial charge >= 0.3 is 0 Å². The molecule has 1 aliphatic rings. The lowest BCUT2D eigenvalue weighted by Gasteiger charge is -2.08. The fraction of sp³-hybridized carbons (Fsp3) is 0.250. The van der Waals surface area contributed by atoms with Gasteiger partial charge in [0.2, 0.25) is 0 Å². The lowest BCUT2D eigenvalue weighted by Crippen LogP contribution is -1.81. The van der Waals surface area contributed by atoms with Crippen molar-refractivity contribution < 1.29 is 4.52 Å². The highest BCUT2D eigenvalue weighted by Crippen LogP contribution is 2.32. The van der Waals surface area contributed by atoms with Gasteiger partial charge in [-0.1, -0.05) is 12.2 Å². The lowest BCUT2D eigenvalue weighted by molar-refractivity contribution is 0.551.